The number of fused-ring (bicyclic) bond motifs is 3. The molecule has 0 aromatic heterocycles. The molecule has 3 atom stereocenters. The van der Waals surface area contributed by atoms with Crippen LogP contribution in [0.2, 0.25) is 0 Å². The van der Waals surface area contributed by atoms with Gasteiger partial charge in [-0.15, -0.1) is 11.8 Å². The molecule has 4 rings (SSSR count). The summed E-state index contributed by atoms with van der Waals surface area (Å²) in [5.41, 5.74) is 4.08. The van der Waals surface area contributed by atoms with Gasteiger partial charge in [0, 0.05) is 16.4 Å². The Hall–Kier alpha value is -2.25. The minimum Gasteiger partial charge on any atom is -0.493 e. The van der Waals surface area contributed by atoms with Crippen LogP contribution in [-0.2, 0) is 11.2 Å². The van der Waals surface area contributed by atoms with Gasteiger partial charge in [-0.25, -0.2) is 0 Å². The van der Waals surface area contributed by atoms with Crippen LogP contribution in [0.4, 0.5) is 0 Å². The van der Waals surface area contributed by atoms with Crippen molar-refractivity contribution in [1.29, 1.82) is 0 Å². The number of thioether (sulfide) groups is 1. The van der Waals surface area contributed by atoms with Crippen LogP contribution in [-0.4, -0.2) is 33.5 Å². The highest BCUT2D eigenvalue weighted by Gasteiger charge is 2.40. The van der Waals surface area contributed by atoms with Gasteiger partial charge in [0.2, 0.25) is 11.7 Å². The third kappa shape index (κ3) is 4.08. The van der Waals surface area contributed by atoms with Crippen molar-refractivity contribution in [2.75, 3.05) is 27.6 Å². The first-order chi connectivity index (χ1) is 15.4. The molecule has 1 saturated carbocycles. The molecule has 0 radical (unpaired) electrons. The molecule has 0 heterocycles. The summed E-state index contributed by atoms with van der Waals surface area (Å²) < 4.78 is 17.9. The summed E-state index contributed by atoms with van der Waals surface area (Å²) in [6.45, 7) is 2.12. The van der Waals surface area contributed by atoms with Crippen molar-refractivity contribution in [2.24, 2.45) is 11.8 Å². The van der Waals surface area contributed by atoms with Gasteiger partial charge in [0.05, 0.1) is 31.9 Å². The lowest BCUT2D eigenvalue weighted by Gasteiger charge is -2.20. The zero-order valence-electron chi connectivity index (χ0n) is 19.1. The molecule has 0 saturated heterocycles. The smallest absolute Gasteiger partial charge is 0.223 e. The molecule has 1 amide bonds. The molecule has 0 bridgehead atoms. The Morgan fingerprint density at radius 1 is 1.12 bits per heavy atom. The number of benzene rings is 1. The summed E-state index contributed by atoms with van der Waals surface area (Å²) in [6, 6.07) is 8.07. The van der Waals surface area contributed by atoms with Gasteiger partial charge in [0.15, 0.2) is 11.5 Å². The van der Waals surface area contributed by atoms with Crippen LogP contribution in [0.5, 0.6) is 17.2 Å². The summed E-state index contributed by atoms with van der Waals surface area (Å²) in [7, 11) is 4.88. The number of carbonyl (C=O) groups is 1. The number of methoxy groups -OCH3 is 3. The first-order valence-electron chi connectivity index (χ1n) is 10.8. The maximum Gasteiger partial charge on any atom is 0.223 e. The summed E-state index contributed by atoms with van der Waals surface area (Å²) in [4.78, 5) is 13.9. The number of ether oxygens (including phenoxy) is 3. The number of hydrogen-bond donors (Lipinski definition) is 1. The Bertz CT molecular complexity index is 1120. The lowest BCUT2D eigenvalue weighted by Crippen LogP contribution is -2.30. The SMILES string of the molecule is COc1cc2c(c(OC)c1OC)-c1ccc(SC)c(=S)cc1[C@@H](NC(=O)C1CC1C)CC2. The molecule has 1 fully saturated rings. The van der Waals surface area contributed by atoms with Crippen LogP contribution in [0.1, 0.15) is 36.9 Å². The molecule has 1 N–H and O–H groups in total. The zero-order valence-corrected chi connectivity index (χ0v) is 20.7. The largest absolute Gasteiger partial charge is 0.493 e. The first-order valence-corrected chi connectivity index (χ1v) is 12.4. The second kappa shape index (κ2) is 9.32. The van der Waals surface area contributed by atoms with Gasteiger partial charge in [-0.05, 0) is 66.3 Å². The Balaban J connectivity index is 1.95. The van der Waals surface area contributed by atoms with Crippen LogP contribution in [0, 0.1) is 16.3 Å². The van der Waals surface area contributed by atoms with Crippen LogP contribution < -0.4 is 19.5 Å². The average Bonchev–Trinajstić information content (AvgIpc) is 3.57. The Labute approximate surface area is 198 Å². The lowest BCUT2D eigenvalue weighted by atomic mass is 9.95. The van der Waals surface area contributed by atoms with Crippen LogP contribution in [0.15, 0.2) is 29.2 Å². The topological polar surface area (TPSA) is 56.8 Å². The summed E-state index contributed by atoms with van der Waals surface area (Å²) in [5.74, 6) is 2.52. The van der Waals surface area contributed by atoms with Gasteiger partial charge < -0.3 is 19.5 Å². The predicted octanol–water partition coefficient (Wildman–Crippen LogP) is 5.59. The third-order valence-electron chi connectivity index (χ3n) is 6.48. The fourth-order valence-electron chi connectivity index (χ4n) is 4.58. The minimum absolute atomic E-state index is 0.112. The molecule has 2 aliphatic rings. The highest BCUT2D eigenvalue weighted by atomic mass is 32.2. The van der Waals surface area contributed by atoms with Crippen LogP contribution in [0.25, 0.3) is 11.1 Å². The van der Waals surface area contributed by atoms with E-state index in [1.54, 1.807) is 33.1 Å². The van der Waals surface area contributed by atoms with E-state index >= 15 is 0 Å². The van der Waals surface area contributed by atoms with Crippen molar-refractivity contribution in [1.82, 2.24) is 5.32 Å². The molecule has 7 heteroatoms. The predicted molar refractivity (Wildman–Crippen MR) is 131 cm³/mol. The van der Waals surface area contributed by atoms with Crippen molar-refractivity contribution in [3.63, 3.8) is 0 Å². The Kier molecular flexibility index (Phi) is 6.67. The Morgan fingerprint density at radius 3 is 2.44 bits per heavy atom. The van der Waals surface area contributed by atoms with Gasteiger partial charge in [-0.1, -0.05) is 25.2 Å². The first kappa shape index (κ1) is 22.9. The number of rotatable bonds is 6. The van der Waals surface area contributed by atoms with Gasteiger partial charge in [-0.3, -0.25) is 4.79 Å². The van der Waals surface area contributed by atoms with Crippen molar-refractivity contribution in [2.45, 2.75) is 37.1 Å². The van der Waals surface area contributed by atoms with Crippen molar-refractivity contribution < 1.29 is 19.0 Å². The number of amides is 1. The van der Waals surface area contributed by atoms with Gasteiger partial charge >= 0.3 is 0 Å². The maximum atomic E-state index is 12.9. The number of nitrogens with one attached hydrogen (secondary N) is 1. The van der Waals surface area contributed by atoms with Crippen LogP contribution in [0.3, 0.4) is 0 Å². The van der Waals surface area contributed by atoms with E-state index in [1.807, 2.05) is 18.4 Å². The minimum atomic E-state index is -0.136. The maximum absolute atomic E-state index is 12.9. The number of carbonyl (C=O) groups excluding carboxylic acids is 1. The highest BCUT2D eigenvalue weighted by Crippen LogP contribution is 2.50. The highest BCUT2D eigenvalue weighted by molar-refractivity contribution is 7.98. The molecule has 2 aromatic carbocycles. The molecular weight excluding hydrogens is 442 g/mol. The molecule has 32 heavy (non-hydrogen) atoms. The quantitative estimate of drug-likeness (QED) is 0.438. The summed E-state index contributed by atoms with van der Waals surface area (Å²) in [5, 5.41) is 3.32. The lowest BCUT2D eigenvalue weighted by molar-refractivity contribution is -0.123. The van der Waals surface area contributed by atoms with Gasteiger partial charge in [-0.2, -0.15) is 0 Å². The van der Waals surface area contributed by atoms with E-state index in [4.69, 9.17) is 26.4 Å². The standard InChI is InChI=1S/C25H29NO4S2/c1-13-10-16(13)25(27)26-18-8-6-14-11-19(28-2)23(29-3)24(30-4)22(14)15-7-9-21(32-5)20(31)12-17(15)18/h7,9,11-13,16,18H,6,8,10H2,1-5H3,(H,26,27)/t13?,16?,18-/m0/s1. The fraction of sp³-hybridized carbons (Fsp3) is 0.440. The van der Waals surface area contributed by atoms with E-state index in [9.17, 15) is 4.79 Å². The third-order valence-corrected chi connectivity index (χ3v) is 7.75. The average molecular weight is 472 g/mol. The molecule has 0 aliphatic heterocycles. The van der Waals surface area contributed by atoms with Crippen molar-refractivity contribution in [3.05, 3.63) is 39.9 Å². The Morgan fingerprint density at radius 2 is 1.84 bits per heavy atom. The molecular formula is C25H29NO4S2. The van der Waals surface area contributed by atoms with Crippen molar-refractivity contribution >= 4 is 29.9 Å². The van der Waals surface area contributed by atoms with E-state index in [0.29, 0.717) is 23.2 Å². The second-order valence-corrected chi connectivity index (χ2v) is 9.67. The number of aryl methyl sites for hydroxylation is 1. The van der Waals surface area contributed by atoms with Gasteiger partial charge in [0.25, 0.3) is 0 Å². The van der Waals surface area contributed by atoms with E-state index in [0.717, 1.165) is 50.9 Å². The molecule has 2 aromatic rings. The molecule has 0 spiro atoms. The molecule has 2 aliphatic carbocycles. The monoisotopic (exact) mass is 471 g/mol. The van der Waals surface area contributed by atoms with Crippen molar-refractivity contribution in [3.8, 4) is 28.4 Å². The molecule has 2 unspecified atom stereocenters. The summed E-state index contributed by atoms with van der Waals surface area (Å²) in [6.07, 6.45) is 4.50. The van der Waals surface area contributed by atoms with E-state index in [-0.39, 0.29) is 17.9 Å². The normalized spacial score (nSPS) is 21.0. The zero-order chi connectivity index (χ0) is 23.0. The molecule has 5 nitrogen and oxygen atoms in total. The van der Waals surface area contributed by atoms with E-state index in [2.05, 4.69) is 24.4 Å². The summed E-state index contributed by atoms with van der Waals surface area (Å²) >= 11 is 7.36. The second-order valence-electron chi connectivity index (χ2n) is 8.38. The van der Waals surface area contributed by atoms with E-state index in [1.165, 1.54) is 0 Å². The molecule has 170 valence electrons. The van der Waals surface area contributed by atoms with Gasteiger partial charge in [0.1, 0.15) is 0 Å². The number of hydrogen-bond acceptors (Lipinski definition) is 6. The fourth-order valence-corrected chi connectivity index (χ4v) is 5.49. The van der Waals surface area contributed by atoms with Crippen LogP contribution >= 0.6 is 24.0 Å². The van der Waals surface area contributed by atoms with E-state index < -0.39 is 0 Å².